The van der Waals surface area contributed by atoms with Crippen LogP contribution in [0.5, 0.6) is 0 Å². The van der Waals surface area contributed by atoms with Crippen molar-refractivity contribution in [3.63, 3.8) is 0 Å². The van der Waals surface area contributed by atoms with E-state index >= 15 is 0 Å². The first-order chi connectivity index (χ1) is 15.8. The van der Waals surface area contributed by atoms with Crippen molar-refractivity contribution in [2.75, 3.05) is 36.5 Å². The van der Waals surface area contributed by atoms with E-state index in [4.69, 9.17) is 14.7 Å². The maximum absolute atomic E-state index is 12.0. The monoisotopic (exact) mass is 454 g/mol. The zero-order valence-corrected chi connectivity index (χ0v) is 19.8. The fourth-order valence-electron chi connectivity index (χ4n) is 4.15. The first-order valence-corrected chi connectivity index (χ1v) is 11.6. The van der Waals surface area contributed by atoms with Crippen LogP contribution in [0.15, 0.2) is 24.3 Å². The lowest BCUT2D eigenvalue weighted by molar-refractivity contribution is 0.0980. The first kappa shape index (κ1) is 23.4. The maximum atomic E-state index is 12.0. The molecule has 2 aromatic rings. The quantitative estimate of drug-likeness (QED) is 0.616. The number of rotatable bonds is 6. The van der Waals surface area contributed by atoms with E-state index in [9.17, 15) is 9.90 Å². The zero-order valence-electron chi connectivity index (χ0n) is 19.8. The summed E-state index contributed by atoms with van der Waals surface area (Å²) >= 11 is 0. The summed E-state index contributed by atoms with van der Waals surface area (Å²) in [7, 11) is 0. The minimum Gasteiger partial charge on any atom is -0.392 e. The summed E-state index contributed by atoms with van der Waals surface area (Å²) in [6.07, 6.45) is -0.591. The Kier molecular flexibility index (Phi) is 7.11. The molecule has 1 fully saturated rings. The fraction of sp³-hybridized carbons (Fsp3) is 0.542. The molecule has 2 atom stereocenters. The van der Waals surface area contributed by atoms with Crippen molar-refractivity contribution < 1.29 is 14.6 Å². The van der Waals surface area contributed by atoms with Crippen molar-refractivity contribution in [1.82, 2.24) is 20.2 Å². The van der Waals surface area contributed by atoms with Gasteiger partial charge in [0.1, 0.15) is 0 Å². The standard InChI is InChI=1S/C24H34N6O3/c1-15(2)29-12-20-21(13-29)27-23(30-9-10-33-14-16(30)3)28-22(20)18-5-7-19(8-6-18)26-24(32)25-11-17(4)31/h5-8,15-17,31H,9-14H2,1-4H3,(H2,25,26,32). The van der Waals surface area contributed by atoms with E-state index in [1.54, 1.807) is 6.92 Å². The van der Waals surface area contributed by atoms with Gasteiger partial charge in [-0.25, -0.2) is 14.8 Å². The van der Waals surface area contributed by atoms with Crippen LogP contribution < -0.4 is 15.5 Å². The minimum absolute atomic E-state index is 0.200. The predicted molar refractivity (Wildman–Crippen MR) is 128 cm³/mol. The lowest BCUT2D eigenvalue weighted by Crippen LogP contribution is -2.44. The number of aromatic nitrogens is 2. The Bertz CT molecular complexity index is 979. The predicted octanol–water partition coefficient (Wildman–Crippen LogP) is 2.59. The second-order valence-corrected chi connectivity index (χ2v) is 9.17. The normalized spacial score (nSPS) is 19.5. The molecule has 0 aliphatic carbocycles. The number of ether oxygens (including phenoxy) is 1. The second kappa shape index (κ2) is 10.0. The molecule has 0 radical (unpaired) electrons. The number of aliphatic hydroxyl groups excluding tert-OH is 1. The lowest BCUT2D eigenvalue weighted by Gasteiger charge is -2.33. The molecule has 3 heterocycles. The number of benzene rings is 1. The number of nitrogens with one attached hydrogen (secondary N) is 2. The molecular weight excluding hydrogens is 420 g/mol. The van der Waals surface area contributed by atoms with Gasteiger partial charge in [-0.1, -0.05) is 12.1 Å². The fourth-order valence-corrected chi connectivity index (χ4v) is 4.15. The topological polar surface area (TPSA) is 103 Å². The number of carbonyl (C=O) groups is 1. The molecule has 4 rings (SSSR count). The molecule has 2 aliphatic heterocycles. The highest BCUT2D eigenvalue weighted by atomic mass is 16.5. The zero-order chi connectivity index (χ0) is 23.5. The van der Waals surface area contributed by atoms with Crippen molar-refractivity contribution >= 4 is 17.7 Å². The molecule has 33 heavy (non-hydrogen) atoms. The van der Waals surface area contributed by atoms with E-state index in [-0.39, 0.29) is 18.6 Å². The van der Waals surface area contributed by atoms with Gasteiger partial charge in [0.25, 0.3) is 0 Å². The summed E-state index contributed by atoms with van der Waals surface area (Å²) in [5, 5.41) is 14.8. The average molecular weight is 455 g/mol. The summed E-state index contributed by atoms with van der Waals surface area (Å²) in [5.74, 6) is 0.754. The molecule has 9 nitrogen and oxygen atoms in total. The number of amides is 2. The molecule has 3 N–H and O–H groups in total. The summed E-state index contributed by atoms with van der Waals surface area (Å²) in [6.45, 7) is 12.1. The molecule has 2 amide bonds. The van der Waals surface area contributed by atoms with Crippen LogP contribution in [-0.2, 0) is 17.8 Å². The smallest absolute Gasteiger partial charge is 0.319 e. The number of hydrogen-bond donors (Lipinski definition) is 3. The van der Waals surface area contributed by atoms with Crippen LogP contribution in [0.1, 0.15) is 39.0 Å². The third-order valence-corrected chi connectivity index (χ3v) is 6.12. The van der Waals surface area contributed by atoms with Gasteiger partial charge in [-0.05, 0) is 39.8 Å². The number of anilines is 2. The molecule has 1 aromatic heterocycles. The van der Waals surface area contributed by atoms with Crippen molar-refractivity contribution in [3.05, 3.63) is 35.5 Å². The molecular formula is C24H34N6O3. The first-order valence-electron chi connectivity index (χ1n) is 11.6. The van der Waals surface area contributed by atoms with E-state index < -0.39 is 6.10 Å². The Labute approximate surface area is 195 Å². The van der Waals surface area contributed by atoms with Gasteiger partial charge in [0, 0.05) is 49.0 Å². The summed E-state index contributed by atoms with van der Waals surface area (Å²) in [4.78, 5) is 26.6. The van der Waals surface area contributed by atoms with Gasteiger partial charge >= 0.3 is 6.03 Å². The van der Waals surface area contributed by atoms with Crippen LogP contribution in [0.2, 0.25) is 0 Å². The van der Waals surface area contributed by atoms with Crippen LogP contribution in [-0.4, -0.2) is 70.5 Å². The third kappa shape index (κ3) is 5.43. The number of urea groups is 1. The van der Waals surface area contributed by atoms with Crippen molar-refractivity contribution in [2.45, 2.75) is 59.0 Å². The highest BCUT2D eigenvalue weighted by Gasteiger charge is 2.30. The van der Waals surface area contributed by atoms with Crippen LogP contribution >= 0.6 is 0 Å². The van der Waals surface area contributed by atoms with Gasteiger partial charge in [0.2, 0.25) is 5.95 Å². The molecule has 2 aliphatic rings. The summed E-state index contributed by atoms with van der Waals surface area (Å²) in [5.41, 5.74) is 4.88. The second-order valence-electron chi connectivity index (χ2n) is 9.17. The maximum Gasteiger partial charge on any atom is 0.319 e. The van der Waals surface area contributed by atoms with Crippen LogP contribution in [0, 0.1) is 0 Å². The van der Waals surface area contributed by atoms with E-state index in [2.05, 4.69) is 41.2 Å². The van der Waals surface area contributed by atoms with Gasteiger partial charge < -0.3 is 25.4 Å². The minimum atomic E-state index is -0.591. The van der Waals surface area contributed by atoms with E-state index in [1.165, 1.54) is 5.56 Å². The highest BCUT2D eigenvalue weighted by Crippen LogP contribution is 2.34. The Morgan fingerprint density at radius 3 is 2.64 bits per heavy atom. The number of carbonyl (C=O) groups excluding carboxylic acids is 1. The molecule has 0 spiro atoms. The molecule has 2 unspecified atom stereocenters. The van der Waals surface area contributed by atoms with Gasteiger partial charge in [-0.2, -0.15) is 0 Å². The summed E-state index contributed by atoms with van der Waals surface area (Å²) < 4.78 is 5.61. The van der Waals surface area contributed by atoms with E-state index in [1.807, 2.05) is 24.3 Å². The molecule has 9 heteroatoms. The Morgan fingerprint density at radius 1 is 1.21 bits per heavy atom. The largest absolute Gasteiger partial charge is 0.392 e. The van der Waals surface area contributed by atoms with Crippen LogP contribution in [0.4, 0.5) is 16.4 Å². The van der Waals surface area contributed by atoms with Gasteiger partial charge in [0.15, 0.2) is 0 Å². The van der Waals surface area contributed by atoms with Crippen molar-refractivity contribution in [1.29, 1.82) is 0 Å². The Morgan fingerprint density at radius 2 is 1.97 bits per heavy atom. The highest BCUT2D eigenvalue weighted by molar-refractivity contribution is 5.89. The third-order valence-electron chi connectivity index (χ3n) is 6.12. The summed E-state index contributed by atoms with van der Waals surface area (Å²) in [6, 6.07) is 8.01. The Balaban J connectivity index is 1.61. The average Bonchev–Trinajstić information content (AvgIpc) is 3.23. The number of nitrogens with zero attached hydrogens (tertiary/aromatic N) is 4. The van der Waals surface area contributed by atoms with E-state index in [0.717, 1.165) is 42.5 Å². The van der Waals surface area contributed by atoms with Gasteiger partial charge in [-0.3, -0.25) is 4.90 Å². The number of aliphatic hydroxyl groups is 1. The SMILES string of the molecule is CC(O)CNC(=O)Nc1ccc(-c2nc(N3CCOCC3C)nc3c2CN(C(C)C)C3)cc1. The number of fused-ring (bicyclic) bond motifs is 1. The van der Waals surface area contributed by atoms with Crippen molar-refractivity contribution in [2.24, 2.45) is 0 Å². The molecule has 1 saturated heterocycles. The van der Waals surface area contributed by atoms with E-state index in [0.29, 0.717) is 24.9 Å². The van der Waals surface area contributed by atoms with Crippen LogP contribution in [0.3, 0.4) is 0 Å². The van der Waals surface area contributed by atoms with Crippen molar-refractivity contribution in [3.8, 4) is 11.3 Å². The lowest BCUT2D eigenvalue weighted by atomic mass is 10.1. The Hall–Kier alpha value is -2.75. The molecule has 0 bridgehead atoms. The van der Waals surface area contributed by atoms with Gasteiger partial charge in [-0.15, -0.1) is 0 Å². The number of morpholine rings is 1. The molecule has 1 aromatic carbocycles. The molecule has 178 valence electrons. The molecule has 0 saturated carbocycles. The number of hydrogen-bond acceptors (Lipinski definition) is 7. The van der Waals surface area contributed by atoms with Crippen LogP contribution in [0.25, 0.3) is 11.3 Å². The van der Waals surface area contributed by atoms with Gasteiger partial charge in [0.05, 0.1) is 36.7 Å².